The van der Waals surface area contributed by atoms with E-state index in [1.807, 2.05) is 0 Å². The van der Waals surface area contributed by atoms with Gasteiger partial charge < -0.3 is 24.8 Å². The number of nitrogens with two attached hydrogens (primary N) is 1. The lowest BCUT2D eigenvalue weighted by molar-refractivity contribution is -0.142. The van der Waals surface area contributed by atoms with Gasteiger partial charge in [-0.25, -0.2) is 9.59 Å². The summed E-state index contributed by atoms with van der Waals surface area (Å²) in [5, 5.41) is 0. The van der Waals surface area contributed by atoms with Gasteiger partial charge in [-0.05, 0) is 19.9 Å². The van der Waals surface area contributed by atoms with Gasteiger partial charge >= 0.3 is 11.9 Å². The van der Waals surface area contributed by atoms with Crippen LogP contribution in [0.5, 0.6) is 0 Å². The Kier molecular flexibility index (Phi) is 4.43. The smallest absolute Gasteiger partial charge is 0.340 e. The molecule has 1 amide bonds. The van der Waals surface area contributed by atoms with E-state index in [0.29, 0.717) is 11.3 Å². The largest absolute Gasteiger partial charge is 0.465 e. The molecule has 1 aromatic rings. The van der Waals surface area contributed by atoms with Gasteiger partial charge in [-0.15, -0.1) is 0 Å². The minimum Gasteiger partial charge on any atom is -0.465 e. The van der Waals surface area contributed by atoms with Crippen molar-refractivity contribution in [3.05, 3.63) is 52.6 Å². The molecule has 0 fully saturated rings. The maximum absolute atomic E-state index is 13.5. The van der Waals surface area contributed by atoms with E-state index in [-0.39, 0.29) is 29.4 Å². The van der Waals surface area contributed by atoms with E-state index in [0.717, 1.165) is 0 Å². The highest BCUT2D eigenvalue weighted by atomic mass is 16.5. The molecular weight excluding hydrogens is 352 g/mol. The number of allylic oxidation sites excluding steroid dienone is 1. The number of hydrogen-bond donors (Lipinski definition) is 1. The fraction of sp³-hybridized carbons (Fsp3) is 0.316. The molecule has 0 saturated heterocycles. The molecule has 2 heterocycles. The molecular formula is C19H20N2O6. The molecule has 1 atom stereocenters. The summed E-state index contributed by atoms with van der Waals surface area (Å²) in [5.74, 6) is -2.33. The zero-order valence-electron chi connectivity index (χ0n) is 15.5. The first-order valence-corrected chi connectivity index (χ1v) is 8.34. The summed E-state index contributed by atoms with van der Waals surface area (Å²) in [5.41, 5.74) is 4.87. The SMILES string of the molecule is CCOC(=O)C1=C(C)OC(N)=C(C(=O)OC)[C@]12C(=O)N(C)c1ccccc12. The summed E-state index contributed by atoms with van der Waals surface area (Å²) in [7, 11) is 2.73. The summed E-state index contributed by atoms with van der Waals surface area (Å²) < 4.78 is 15.5. The predicted molar refractivity (Wildman–Crippen MR) is 95.2 cm³/mol. The van der Waals surface area contributed by atoms with Crippen molar-refractivity contribution in [1.82, 2.24) is 0 Å². The topological polar surface area (TPSA) is 108 Å². The maximum Gasteiger partial charge on any atom is 0.340 e. The van der Waals surface area contributed by atoms with Crippen molar-refractivity contribution in [3.63, 3.8) is 0 Å². The lowest BCUT2D eigenvalue weighted by Crippen LogP contribution is -2.50. The van der Waals surface area contributed by atoms with Crippen LogP contribution in [-0.2, 0) is 34.0 Å². The van der Waals surface area contributed by atoms with E-state index >= 15 is 0 Å². The summed E-state index contributed by atoms with van der Waals surface area (Å²) in [4.78, 5) is 40.4. The van der Waals surface area contributed by atoms with Gasteiger partial charge in [-0.1, -0.05) is 18.2 Å². The lowest BCUT2D eigenvalue weighted by atomic mass is 9.67. The number of ether oxygens (including phenoxy) is 3. The Hall–Kier alpha value is -3.29. The molecule has 1 spiro atoms. The Labute approximate surface area is 156 Å². The minimum absolute atomic E-state index is 0.0826. The molecule has 2 aliphatic heterocycles. The van der Waals surface area contributed by atoms with Gasteiger partial charge in [0.1, 0.15) is 22.3 Å². The Morgan fingerprint density at radius 1 is 1.22 bits per heavy atom. The van der Waals surface area contributed by atoms with Crippen LogP contribution in [0.25, 0.3) is 0 Å². The Morgan fingerprint density at radius 3 is 2.52 bits per heavy atom. The normalized spacial score (nSPS) is 21.3. The number of esters is 2. The first-order valence-electron chi connectivity index (χ1n) is 8.34. The molecule has 0 radical (unpaired) electrons. The summed E-state index contributed by atoms with van der Waals surface area (Å²) in [6.45, 7) is 3.24. The van der Waals surface area contributed by atoms with E-state index in [1.54, 1.807) is 38.2 Å². The van der Waals surface area contributed by atoms with Crippen molar-refractivity contribution in [2.45, 2.75) is 19.3 Å². The molecule has 142 valence electrons. The first kappa shape index (κ1) is 18.5. The van der Waals surface area contributed by atoms with E-state index in [4.69, 9.17) is 19.9 Å². The number of carbonyl (C=O) groups is 3. The summed E-state index contributed by atoms with van der Waals surface area (Å²) in [6.07, 6.45) is 0. The molecule has 2 aliphatic rings. The Morgan fingerprint density at radius 2 is 1.89 bits per heavy atom. The highest BCUT2D eigenvalue weighted by Crippen LogP contribution is 2.54. The molecule has 0 aliphatic carbocycles. The number of anilines is 1. The Bertz CT molecular complexity index is 917. The third-order valence-electron chi connectivity index (χ3n) is 4.78. The number of amides is 1. The van der Waals surface area contributed by atoms with Crippen molar-refractivity contribution in [2.24, 2.45) is 5.73 Å². The third kappa shape index (κ3) is 2.33. The lowest BCUT2D eigenvalue weighted by Gasteiger charge is -2.35. The number of hydrogen-bond acceptors (Lipinski definition) is 7. The molecule has 27 heavy (non-hydrogen) atoms. The second-order valence-electron chi connectivity index (χ2n) is 6.12. The standard InChI is InChI=1S/C19H20N2O6/c1-5-26-17(23)13-10(2)27-15(20)14(16(22)25-4)19(13)11-8-6-7-9-12(11)21(3)18(19)24/h6-9H,5,20H2,1-4H3/t19-/m1/s1. The molecule has 1 aromatic carbocycles. The van der Waals surface area contributed by atoms with E-state index < -0.39 is 23.3 Å². The molecule has 0 bridgehead atoms. The zero-order valence-corrected chi connectivity index (χ0v) is 15.5. The Balaban J connectivity index is 2.44. The van der Waals surface area contributed by atoms with Crippen molar-refractivity contribution in [3.8, 4) is 0 Å². The van der Waals surface area contributed by atoms with Gasteiger partial charge in [0.25, 0.3) is 0 Å². The van der Waals surface area contributed by atoms with Crippen LogP contribution in [0.2, 0.25) is 0 Å². The van der Waals surface area contributed by atoms with Gasteiger partial charge in [0, 0.05) is 18.3 Å². The molecule has 8 heteroatoms. The second-order valence-corrected chi connectivity index (χ2v) is 6.12. The zero-order chi connectivity index (χ0) is 19.9. The van der Waals surface area contributed by atoms with Gasteiger partial charge in [0.2, 0.25) is 11.8 Å². The highest BCUT2D eigenvalue weighted by Gasteiger charge is 2.63. The average molecular weight is 372 g/mol. The third-order valence-corrected chi connectivity index (χ3v) is 4.78. The van der Waals surface area contributed by atoms with Crippen molar-refractivity contribution in [2.75, 3.05) is 25.7 Å². The number of rotatable bonds is 3. The maximum atomic E-state index is 13.5. The van der Waals surface area contributed by atoms with Crippen LogP contribution in [0.3, 0.4) is 0 Å². The van der Waals surface area contributed by atoms with Crippen molar-refractivity contribution >= 4 is 23.5 Å². The number of para-hydroxylation sites is 1. The number of nitrogens with zero attached hydrogens (tertiary/aromatic N) is 1. The molecule has 8 nitrogen and oxygen atoms in total. The van der Waals surface area contributed by atoms with Gasteiger partial charge in [0.15, 0.2) is 0 Å². The number of methoxy groups -OCH3 is 1. The van der Waals surface area contributed by atoms with Gasteiger partial charge in [-0.3, -0.25) is 4.79 Å². The van der Waals surface area contributed by atoms with Crippen LogP contribution >= 0.6 is 0 Å². The van der Waals surface area contributed by atoms with E-state index in [2.05, 4.69) is 0 Å². The van der Waals surface area contributed by atoms with Crippen LogP contribution < -0.4 is 10.6 Å². The molecule has 2 N–H and O–H groups in total. The minimum atomic E-state index is -1.79. The van der Waals surface area contributed by atoms with Crippen LogP contribution in [0.1, 0.15) is 19.4 Å². The van der Waals surface area contributed by atoms with Crippen molar-refractivity contribution < 1.29 is 28.6 Å². The van der Waals surface area contributed by atoms with E-state index in [1.165, 1.54) is 18.9 Å². The summed E-state index contributed by atoms with van der Waals surface area (Å²) >= 11 is 0. The molecule has 0 aromatic heterocycles. The first-order chi connectivity index (χ1) is 12.8. The molecule has 3 rings (SSSR count). The van der Waals surface area contributed by atoms with Crippen LogP contribution in [0.4, 0.5) is 5.69 Å². The summed E-state index contributed by atoms with van der Waals surface area (Å²) in [6, 6.07) is 6.86. The van der Waals surface area contributed by atoms with Crippen LogP contribution in [0, 0.1) is 0 Å². The number of benzene rings is 1. The fourth-order valence-corrected chi connectivity index (χ4v) is 3.74. The number of carbonyl (C=O) groups excluding carboxylic acids is 3. The van der Waals surface area contributed by atoms with Gasteiger partial charge in [-0.2, -0.15) is 0 Å². The molecule has 0 saturated carbocycles. The van der Waals surface area contributed by atoms with Crippen molar-refractivity contribution in [1.29, 1.82) is 0 Å². The highest BCUT2D eigenvalue weighted by molar-refractivity contribution is 6.22. The predicted octanol–water partition coefficient (Wildman–Crippen LogP) is 1.11. The quantitative estimate of drug-likeness (QED) is 0.792. The van der Waals surface area contributed by atoms with Crippen LogP contribution in [-0.4, -0.2) is 38.6 Å². The van der Waals surface area contributed by atoms with Crippen LogP contribution in [0.15, 0.2) is 47.1 Å². The number of likely N-dealkylation sites (N-methyl/N-ethyl adjacent to an activating group) is 1. The fourth-order valence-electron chi connectivity index (χ4n) is 3.74. The van der Waals surface area contributed by atoms with Gasteiger partial charge in [0.05, 0.1) is 13.7 Å². The monoisotopic (exact) mass is 372 g/mol. The second kappa shape index (κ2) is 6.46. The van der Waals surface area contributed by atoms with E-state index in [9.17, 15) is 14.4 Å². The average Bonchev–Trinajstić information content (AvgIpc) is 2.84. The molecule has 0 unspecified atom stereocenters. The number of fused-ring (bicyclic) bond motifs is 2.